The van der Waals surface area contributed by atoms with Gasteiger partial charge in [-0.2, -0.15) is 0 Å². The summed E-state index contributed by atoms with van der Waals surface area (Å²) >= 11 is 1.66. The van der Waals surface area contributed by atoms with Crippen molar-refractivity contribution in [3.05, 3.63) is 30.3 Å². The van der Waals surface area contributed by atoms with Gasteiger partial charge in [-0.1, -0.05) is 32.0 Å². The van der Waals surface area contributed by atoms with Crippen LogP contribution < -0.4 is 0 Å². The number of hydrogen-bond donors (Lipinski definition) is 0. The van der Waals surface area contributed by atoms with Crippen LogP contribution in [-0.4, -0.2) is 11.0 Å². The molecule has 0 amide bonds. The minimum absolute atomic E-state index is 0.0809. The molecule has 0 spiro atoms. The van der Waals surface area contributed by atoms with Crippen LogP contribution in [0.15, 0.2) is 35.2 Å². The highest BCUT2D eigenvalue weighted by atomic mass is 32.2. The number of benzene rings is 1. The Morgan fingerprint density at radius 3 is 2.21 bits per heavy atom. The second-order valence-corrected chi connectivity index (χ2v) is 4.92. The van der Waals surface area contributed by atoms with Crippen LogP contribution in [0.4, 0.5) is 0 Å². The number of rotatable bonds is 4. The Bertz CT molecular complexity index is 292. The second kappa shape index (κ2) is 5.20. The maximum Gasteiger partial charge on any atom is 0.143 e. The lowest BCUT2D eigenvalue weighted by atomic mass is 10.1. The molecular formula is C12H16OS. The number of carbonyl (C=O) groups is 1. The van der Waals surface area contributed by atoms with E-state index in [1.54, 1.807) is 18.7 Å². The van der Waals surface area contributed by atoms with Gasteiger partial charge in [0.2, 0.25) is 0 Å². The van der Waals surface area contributed by atoms with Gasteiger partial charge in [-0.05, 0) is 25.0 Å². The van der Waals surface area contributed by atoms with Crippen molar-refractivity contribution in [2.45, 2.75) is 30.9 Å². The average molecular weight is 208 g/mol. The standard InChI is InChI=1S/C12H16OS/c1-9(2)12(10(3)13)14-11-7-5-4-6-8-11/h4-9,12H,1-3H3/t12-/m1/s1. The lowest BCUT2D eigenvalue weighted by molar-refractivity contribution is -0.117. The molecule has 0 aliphatic carbocycles. The number of thioether (sulfide) groups is 1. The highest BCUT2D eigenvalue weighted by Crippen LogP contribution is 2.28. The summed E-state index contributed by atoms with van der Waals surface area (Å²) in [6.07, 6.45) is 0. The number of carbonyl (C=O) groups excluding carboxylic acids is 1. The molecule has 0 unspecified atom stereocenters. The van der Waals surface area contributed by atoms with E-state index in [-0.39, 0.29) is 11.0 Å². The summed E-state index contributed by atoms with van der Waals surface area (Å²) in [6.45, 7) is 5.84. The average Bonchev–Trinajstić information content (AvgIpc) is 2.15. The molecule has 14 heavy (non-hydrogen) atoms. The third-order valence-electron chi connectivity index (χ3n) is 2.01. The predicted molar refractivity (Wildman–Crippen MR) is 61.6 cm³/mol. The van der Waals surface area contributed by atoms with Crippen molar-refractivity contribution < 1.29 is 4.79 Å². The topological polar surface area (TPSA) is 17.1 Å². The zero-order chi connectivity index (χ0) is 10.6. The van der Waals surface area contributed by atoms with E-state index >= 15 is 0 Å². The first-order valence-electron chi connectivity index (χ1n) is 4.83. The third kappa shape index (κ3) is 3.18. The van der Waals surface area contributed by atoms with Gasteiger partial charge in [0.15, 0.2) is 0 Å². The molecule has 1 aromatic rings. The second-order valence-electron chi connectivity index (χ2n) is 3.71. The summed E-state index contributed by atoms with van der Waals surface area (Å²) in [5.74, 6) is 0.645. The molecule has 0 heterocycles. The molecule has 1 atom stereocenters. The van der Waals surface area contributed by atoms with Gasteiger partial charge >= 0.3 is 0 Å². The van der Waals surface area contributed by atoms with Crippen LogP contribution >= 0.6 is 11.8 Å². The van der Waals surface area contributed by atoms with Crippen molar-refractivity contribution in [3.8, 4) is 0 Å². The van der Waals surface area contributed by atoms with Crippen molar-refractivity contribution in [1.82, 2.24) is 0 Å². The van der Waals surface area contributed by atoms with E-state index in [0.717, 1.165) is 0 Å². The lowest BCUT2D eigenvalue weighted by Crippen LogP contribution is -2.19. The molecule has 1 nitrogen and oxygen atoms in total. The van der Waals surface area contributed by atoms with E-state index in [2.05, 4.69) is 13.8 Å². The normalized spacial score (nSPS) is 12.9. The first-order chi connectivity index (χ1) is 6.61. The van der Waals surface area contributed by atoms with E-state index in [4.69, 9.17) is 0 Å². The highest BCUT2D eigenvalue weighted by Gasteiger charge is 2.19. The zero-order valence-electron chi connectivity index (χ0n) is 8.86. The summed E-state index contributed by atoms with van der Waals surface area (Å²) in [6, 6.07) is 10.1. The molecule has 0 aliphatic rings. The molecule has 0 bridgehead atoms. The molecule has 0 saturated carbocycles. The summed E-state index contributed by atoms with van der Waals surface area (Å²) in [4.78, 5) is 12.5. The van der Waals surface area contributed by atoms with Crippen LogP contribution in [-0.2, 0) is 4.79 Å². The van der Waals surface area contributed by atoms with Crippen molar-refractivity contribution >= 4 is 17.5 Å². The Balaban J connectivity index is 2.70. The Morgan fingerprint density at radius 2 is 1.79 bits per heavy atom. The summed E-state index contributed by atoms with van der Waals surface area (Å²) in [7, 11) is 0. The van der Waals surface area contributed by atoms with Gasteiger partial charge in [-0.25, -0.2) is 0 Å². The summed E-state index contributed by atoms with van der Waals surface area (Å²) in [5.41, 5.74) is 0. The molecule has 1 rings (SSSR count). The van der Waals surface area contributed by atoms with Gasteiger partial charge in [0, 0.05) is 4.90 Å². The fourth-order valence-electron chi connectivity index (χ4n) is 1.33. The molecule has 76 valence electrons. The maximum absolute atomic E-state index is 11.4. The van der Waals surface area contributed by atoms with Gasteiger partial charge in [0.25, 0.3) is 0 Å². The minimum atomic E-state index is 0.0809. The van der Waals surface area contributed by atoms with Crippen LogP contribution in [0.5, 0.6) is 0 Å². The van der Waals surface area contributed by atoms with E-state index in [9.17, 15) is 4.79 Å². The van der Waals surface area contributed by atoms with Crippen LogP contribution in [0, 0.1) is 5.92 Å². The Morgan fingerprint density at radius 1 is 1.21 bits per heavy atom. The maximum atomic E-state index is 11.4. The third-order valence-corrected chi connectivity index (χ3v) is 3.69. The van der Waals surface area contributed by atoms with Crippen molar-refractivity contribution in [2.75, 3.05) is 0 Å². The van der Waals surface area contributed by atoms with Gasteiger partial charge < -0.3 is 0 Å². The van der Waals surface area contributed by atoms with E-state index in [0.29, 0.717) is 5.92 Å². The monoisotopic (exact) mass is 208 g/mol. The molecule has 0 saturated heterocycles. The van der Waals surface area contributed by atoms with Crippen molar-refractivity contribution in [2.24, 2.45) is 5.92 Å². The molecule has 0 fully saturated rings. The summed E-state index contributed by atoms with van der Waals surface area (Å²) < 4.78 is 0. The molecule has 2 heteroatoms. The fraction of sp³-hybridized carbons (Fsp3) is 0.417. The molecule has 0 aliphatic heterocycles. The van der Waals surface area contributed by atoms with Gasteiger partial charge in [0.05, 0.1) is 5.25 Å². The summed E-state index contributed by atoms with van der Waals surface area (Å²) in [5, 5.41) is 0.0809. The fourth-order valence-corrected chi connectivity index (χ4v) is 2.38. The Labute approximate surface area is 89.9 Å². The van der Waals surface area contributed by atoms with Gasteiger partial charge in [0.1, 0.15) is 5.78 Å². The minimum Gasteiger partial charge on any atom is -0.299 e. The first kappa shape index (κ1) is 11.3. The van der Waals surface area contributed by atoms with Crippen LogP contribution in [0.2, 0.25) is 0 Å². The Kier molecular flexibility index (Phi) is 4.21. The van der Waals surface area contributed by atoms with Crippen molar-refractivity contribution in [3.63, 3.8) is 0 Å². The Hall–Kier alpha value is -0.760. The van der Waals surface area contributed by atoms with Crippen LogP contribution in [0.25, 0.3) is 0 Å². The molecule has 0 aromatic heterocycles. The van der Waals surface area contributed by atoms with Crippen LogP contribution in [0.1, 0.15) is 20.8 Å². The van der Waals surface area contributed by atoms with E-state index in [1.807, 2.05) is 30.3 Å². The molecule has 0 N–H and O–H groups in total. The highest BCUT2D eigenvalue weighted by molar-refractivity contribution is 8.00. The van der Waals surface area contributed by atoms with E-state index in [1.165, 1.54) is 4.90 Å². The predicted octanol–water partition coefficient (Wildman–Crippen LogP) is 3.39. The number of hydrogen-bond acceptors (Lipinski definition) is 2. The van der Waals surface area contributed by atoms with Crippen molar-refractivity contribution in [1.29, 1.82) is 0 Å². The number of Topliss-reactive ketones (excluding diaryl/α,β-unsaturated/α-hetero) is 1. The lowest BCUT2D eigenvalue weighted by Gasteiger charge is -2.16. The first-order valence-corrected chi connectivity index (χ1v) is 5.71. The largest absolute Gasteiger partial charge is 0.299 e. The quantitative estimate of drug-likeness (QED) is 0.705. The number of ketones is 1. The van der Waals surface area contributed by atoms with Gasteiger partial charge in [-0.15, -0.1) is 11.8 Å². The molecule has 1 aromatic carbocycles. The molecular weight excluding hydrogens is 192 g/mol. The molecule has 0 radical (unpaired) electrons. The van der Waals surface area contributed by atoms with Gasteiger partial charge in [-0.3, -0.25) is 4.79 Å². The van der Waals surface area contributed by atoms with E-state index < -0.39 is 0 Å². The zero-order valence-corrected chi connectivity index (χ0v) is 9.67. The SMILES string of the molecule is CC(=O)[C@H](Sc1ccccc1)C(C)C. The smallest absolute Gasteiger partial charge is 0.143 e. The van der Waals surface area contributed by atoms with Crippen LogP contribution in [0.3, 0.4) is 0 Å².